The quantitative estimate of drug-likeness (QED) is 0.786. The molecule has 6 atom stereocenters. The third-order valence-electron chi connectivity index (χ3n) is 7.70. The maximum absolute atomic E-state index is 11.7. The predicted molar refractivity (Wildman–Crippen MR) is 98.9 cm³/mol. The Morgan fingerprint density at radius 2 is 2.12 bits per heavy atom. The molecule has 2 saturated carbocycles. The number of hydrogen-bond acceptors (Lipinski definition) is 4. The lowest BCUT2D eigenvalue weighted by Crippen LogP contribution is -2.49. The van der Waals surface area contributed by atoms with Crippen molar-refractivity contribution in [3.8, 4) is 5.75 Å². The third-order valence-corrected chi connectivity index (χ3v) is 7.70. The second-order valence-electron chi connectivity index (χ2n) is 8.99. The molecule has 2 fully saturated rings. The van der Waals surface area contributed by atoms with Gasteiger partial charge < -0.3 is 14.9 Å². The highest BCUT2D eigenvalue weighted by molar-refractivity contribution is 5.66. The zero-order valence-corrected chi connectivity index (χ0v) is 16.0. The van der Waals surface area contributed by atoms with Crippen LogP contribution in [0.2, 0.25) is 0 Å². The Balaban J connectivity index is 1.70. The molecule has 0 aromatic heterocycles. The zero-order chi connectivity index (χ0) is 18.7. The first-order valence-electron chi connectivity index (χ1n) is 10.00. The van der Waals surface area contributed by atoms with Gasteiger partial charge in [0, 0.05) is 12.3 Å². The van der Waals surface area contributed by atoms with Crippen molar-refractivity contribution in [1.82, 2.24) is 0 Å². The Kier molecular flexibility index (Phi) is 4.11. The van der Waals surface area contributed by atoms with Crippen LogP contribution in [0.1, 0.15) is 69.9 Å². The normalized spacial score (nSPS) is 41.1. The van der Waals surface area contributed by atoms with Gasteiger partial charge in [-0.3, -0.25) is 4.79 Å². The van der Waals surface area contributed by atoms with E-state index in [1.807, 2.05) is 13.0 Å². The fourth-order valence-corrected chi connectivity index (χ4v) is 6.47. The van der Waals surface area contributed by atoms with Crippen LogP contribution in [-0.2, 0) is 16.0 Å². The highest BCUT2D eigenvalue weighted by Crippen LogP contribution is 2.64. The summed E-state index contributed by atoms with van der Waals surface area (Å²) >= 11 is 0. The van der Waals surface area contributed by atoms with Gasteiger partial charge in [-0.05, 0) is 79.5 Å². The summed E-state index contributed by atoms with van der Waals surface area (Å²) in [6.07, 6.45) is 4.97. The first-order valence-corrected chi connectivity index (χ1v) is 10.00. The molecule has 4 heteroatoms. The number of phenols is 1. The molecule has 3 aliphatic carbocycles. The van der Waals surface area contributed by atoms with E-state index in [0.717, 1.165) is 25.7 Å². The third kappa shape index (κ3) is 2.49. The summed E-state index contributed by atoms with van der Waals surface area (Å²) in [5.74, 6) is 1.39. The Hall–Kier alpha value is -1.55. The number of benzene rings is 1. The molecule has 0 spiro atoms. The molecule has 26 heavy (non-hydrogen) atoms. The summed E-state index contributed by atoms with van der Waals surface area (Å²) in [6.45, 7) is 5.66. The molecular formula is C22H30O4. The van der Waals surface area contributed by atoms with Gasteiger partial charge in [0.25, 0.3) is 0 Å². The summed E-state index contributed by atoms with van der Waals surface area (Å²) < 4.78 is 5.73. The van der Waals surface area contributed by atoms with Crippen LogP contribution in [0.25, 0.3) is 0 Å². The number of carbonyl (C=O) groups is 1. The second kappa shape index (κ2) is 5.98. The Morgan fingerprint density at radius 3 is 2.81 bits per heavy atom. The molecule has 1 aromatic rings. The largest absolute Gasteiger partial charge is 0.508 e. The predicted octanol–water partition coefficient (Wildman–Crippen LogP) is 3.93. The Bertz CT molecular complexity index is 729. The maximum atomic E-state index is 11.7. The van der Waals surface area contributed by atoms with Gasteiger partial charge in [-0.15, -0.1) is 0 Å². The van der Waals surface area contributed by atoms with Crippen molar-refractivity contribution in [3.05, 3.63) is 29.3 Å². The molecule has 0 amide bonds. The molecule has 0 heterocycles. The van der Waals surface area contributed by atoms with Gasteiger partial charge in [0.2, 0.25) is 0 Å². The lowest BCUT2D eigenvalue weighted by Gasteiger charge is -2.50. The van der Waals surface area contributed by atoms with Crippen LogP contribution < -0.4 is 0 Å². The van der Waals surface area contributed by atoms with E-state index in [2.05, 4.69) is 13.0 Å². The average Bonchev–Trinajstić information content (AvgIpc) is 2.83. The number of hydrogen-bond donors (Lipinski definition) is 2. The van der Waals surface area contributed by atoms with Gasteiger partial charge in [-0.25, -0.2) is 0 Å². The second-order valence-corrected chi connectivity index (χ2v) is 8.99. The van der Waals surface area contributed by atoms with Crippen LogP contribution >= 0.6 is 0 Å². The summed E-state index contributed by atoms with van der Waals surface area (Å²) in [5, 5.41) is 21.1. The van der Waals surface area contributed by atoms with Gasteiger partial charge in [-0.1, -0.05) is 19.9 Å². The van der Waals surface area contributed by atoms with Crippen molar-refractivity contribution in [2.75, 3.05) is 0 Å². The fraction of sp³-hybridized carbons (Fsp3) is 0.682. The number of fused-ring (bicyclic) bond motifs is 5. The van der Waals surface area contributed by atoms with E-state index in [4.69, 9.17) is 4.74 Å². The highest BCUT2D eigenvalue weighted by Gasteiger charge is 2.64. The molecule has 0 unspecified atom stereocenters. The topological polar surface area (TPSA) is 66.8 Å². The molecule has 0 bridgehead atoms. The van der Waals surface area contributed by atoms with Gasteiger partial charge >= 0.3 is 5.97 Å². The summed E-state index contributed by atoms with van der Waals surface area (Å²) in [5.41, 5.74) is 1.56. The van der Waals surface area contributed by atoms with Gasteiger partial charge in [0.15, 0.2) is 0 Å². The van der Waals surface area contributed by atoms with Crippen LogP contribution in [0.5, 0.6) is 5.75 Å². The van der Waals surface area contributed by atoms with Gasteiger partial charge in [0.05, 0.1) is 0 Å². The number of phenolic OH excluding ortho intramolecular Hbond substituents is 1. The molecule has 4 rings (SSSR count). The van der Waals surface area contributed by atoms with E-state index >= 15 is 0 Å². The smallest absolute Gasteiger partial charge is 0.303 e. The van der Waals surface area contributed by atoms with Gasteiger partial charge in [0.1, 0.15) is 17.5 Å². The summed E-state index contributed by atoms with van der Waals surface area (Å²) in [7, 11) is 0. The van der Waals surface area contributed by atoms with E-state index in [1.54, 1.807) is 6.07 Å². The number of aryl methyl sites for hydroxylation is 1. The SMILES string of the molecule is CC[C@]1(O)C[C@H]2[C@@H]3CCc4cc(O)ccc4[C@H]3CC[C@]2(C)[C@H]1OC(C)=O. The number of aromatic hydroxyl groups is 1. The van der Waals surface area contributed by atoms with Crippen molar-refractivity contribution >= 4 is 5.97 Å². The van der Waals surface area contributed by atoms with E-state index in [1.165, 1.54) is 18.1 Å². The van der Waals surface area contributed by atoms with Gasteiger partial charge in [-0.2, -0.15) is 0 Å². The molecule has 0 radical (unpaired) electrons. The lowest BCUT2D eigenvalue weighted by molar-refractivity contribution is -0.172. The zero-order valence-electron chi connectivity index (χ0n) is 16.0. The molecule has 2 N–H and O–H groups in total. The highest BCUT2D eigenvalue weighted by atomic mass is 16.6. The van der Waals surface area contributed by atoms with E-state index in [9.17, 15) is 15.0 Å². The molecule has 3 aliphatic rings. The number of rotatable bonds is 2. The summed E-state index contributed by atoms with van der Waals surface area (Å²) in [4.78, 5) is 11.7. The standard InChI is InChI=1S/C22H30O4/c1-4-22(25)12-19-18-7-5-14-11-15(24)6-8-16(14)17(18)9-10-21(19,3)20(22)26-13(2)23/h6,8,11,17-20,24-25H,4-5,7,9-10,12H2,1-3H3/t17-,18-,19+,20-,21+,22+/m1/s1. The number of carbonyl (C=O) groups excluding carboxylic acids is 1. The molecule has 1 aromatic carbocycles. The van der Waals surface area contributed by atoms with Crippen molar-refractivity contribution in [1.29, 1.82) is 0 Å². The Morgan fingerprint density at radius 1 is 1.35 bits per heavy atom. The minimum Gasteiger partial charge on any atom is -0.508 e. The average molecular weight is 358 g/mol. The van der Waals surface area contributed by atoms with E-state index in [-0.39, 0.29) is 11.4 Å². The van der Waals surface area contributed by atoms with Crippen molar-refractivity contribution in [2.24, 2.45) is 17.3 Å². The number of ether oxygens (including phenoxy) is 1. The molecule has 0 saturated heterocycles. The van der Waals surface area contributed by atoms with Crippen molar-refractivity contribution in [2.45, 2.75) is 76.9 Å². The van der Waals surface area contributed by atoms with E-state index in [0.29, 0.717) is 36.3 Å². The van der Waals surface area contributed by atoms with Crippen LogP contribution in [0.15, 0.2) is 18.2 Å². The first-order chi connectivity index (χ1) is 12.3. The van der Waals surface area contributed by atoms with Crippen LogP contribution in [-0.4, -0.2) is 27.9 Å². The first kappa shape index (κ1) is 17.8. The van der Waals surface area contributed by atoms with Crippen molar-refractivity contribution < 1.29 is 19.7 Å². The van der Waals surface area contributed by atoms with Crippen molar-refractivity contribution in [3.63, 3.8) is 0 Å². The number of aliphatic hydroxyl groups is 1. The minimum atomic E-state index is -0.921. The van der Waals surface area contributed by atoms with Crippen LogP contribution in [0.3, 0.4) is 0 Å². The monoisotopic (exact) mass is 358 g/mol. The Labute approximate surface area is 155 Å². The van der Waals surface area contributed by atoms with Crippen LogP contribution in [0, 0.1) is 17.3 Å². The minimum absolute atomic E-state index is 0.161. The van der Waals surface area contributed by atoms with Crippen LogP contribution in [0.4, 0.5) is 0 Å². The number of esters is 1. The molecule has 142 valence electrons. The fourth-order valence-electron chi connectivity index (χ4n) is 6.47. The van der Waals surface area contributed by atoms with E-state index < -0.39 is 11.7 Å². The maximum Gasteiger partial charge on any atom is 0.303 e. The molecular weight excluding hydrogens is 328 g/mol. The molecule has 4 nitrogen and oxygen atoms in total. The summed E-state index contributed by atoms with van der Waals surface area (Å²) in [6, 6.07) is 5.81. The lowest BCUT2D eigenvalue weighted by atomic mass is 9.55. The molecule has 0 aliphatic heterocycles.